The molecular formula is C12H8BF5N3O. The smallest absolute Gasteiger partial charge is 0.251 e. The molecule has 4 nitrogen and oxygen atoms in total. The van der Waals surface area contributed by atoms with Gasteiger partial charge in [0.2, 0.25) is 0 Å². The van der Waals surface area contributed by atoms with Gasteiger partial charge < -0.3 is 15.5 Å². The van der Waals surface area contributed by atoms with E-state index in [9.17, 15) is 26.7 Å². The number of H-pyrrole nitrogens is 1. The average Bonchev–Trinajstić information content (AvgIpc) is 3.00. The molecule has 2 rings (SSSR count). The highest BCUT2D eigenvalue weighted by Gasteiger charge is 2.29. The number of nitrogens with zero attached hydrogens (tertiary/aromatic N) is 1. The third kappa shape index (κ3) is 3.01. The van der Waals surface area contributed by atoms with Crippen LogP contribution in [0, 0.1) is 29.1 Å². The maximum absolute atomic E-state index is 13.4. The standard InChI is InChI=1S/C12H8BF5N3O/c14-7-6(8(15)10(17)11(18)9(7)16)13-12(22)5(19)1-4-2-20-3-21-4/h2-3,5H,1,19H2,(H,20,21)/t5-/m0/s1. The van der Waals surface area contributed by atoms with E-state index in [2.05, 4.69) is 9.97 Å². The number of nitrogens with one attached hydrogen (secondary N) is 1. The van der Waals surface area contributed by atoms with Crippen molar-refractivity contribution >= 4 is 18.4 Å². The summed E-state index contributed by atoms with van der Waals surface area (Å²) < 4.78 is 65.8. The van der Waals surface area contributed by atoms with E-state index < -0.39 is 46.3 Å². The van der Waals surface area contributed by atoms with E-state index in [-0.39, 0.29) is 6.42 Å². The molecule has 0 fully saturated rings. The molecule has 0 saturated carbocycles. The summed E-state index contributed by atoms with van der Waals surface area (Å²) in [4.78, 5) is 18.1. The number of imidazole rings is 1. The topological polar surface area (TPSA) is 71.8 Å². The number of aromatic amines is 1. The van der Waals surface area contributed by atoms with Crippen molar-refractivity contribution in [2.75, 3.05) is 0 Å². The molecule has 0 saturated heterocycles. The quantitative estimate of drug-likeness (QED) is 0.366. The first-order chi connectivity index (χ1) is 10.3. The van der Waals surface area contributed by atoms with Crippen molar-refractivity contribution in [3.05, 3.63) is 47.3 Å². The second-order valence-corrected chi connectivity index (χ2v) is 4.42. The van der Waals surface area contributed by atoms with Gasteiger partial charge in [-0.2, -0.15) is 0 Å². The van der Waals surface area contributed by atoms with Gasteiger partial charge in [-0.15, -0.1) is 0 Å². The molecule has 0 amide bonds. The van der Waals surface area contributed by atoms with Crippen LogP contribution >= 0.6 is 0 Å². The van der Waals surface area contributed by atoms with Gasteiger partial charge in [0, 0.05) is 18.3 Å². The summed E-state index contributed by atoms with van der Waals surface area (Å²) in [5, 5.41) is 0. The Morgan fingerprint density at radius 2 is 1.68 bits per heavy atom. The molecular weight excluding hydrogens is 308 g/mol. The monoisotopic (exact) mass is 316 g/mol. The molecule has 0 unspecified atom stereocenters. The average molecular weight is 316 g/mol. The minimum atomic E-state index is -2.29. The van der Waals surface area contributed by atoms with Crippen LogP contribution in [0.25, 0.3) is 0 Å². The van der Waals surface area contributed by atoms with E-state index in [0.717, 1.165) is 0 Å². The van der Waals surface area contributed by atoms with E-state index in [0.29, 0.717) is 13.0 Å². The lowest BCUT2D eigenvalue weighted by Gasteiger charge is -2.11. The van der Waals surface area contributed by atoms with Gasteiger partial charge in [-0.25, -0.2) is 26.9 Å². The highest BCUT2D eigenvalue weighted by atomic mass is 19.2. The number of hydrogen-bond acceptors (Lipinski definition) is 3. The molecule has 22 heavy (non-hydrogen) atoms. The van der Waals surface area contributed by atoms with Crippen LogP contribution in [0.5, 0.6) is 0 Å². The van der Waals surface area contributed by atoms with Crippen molar-refractivity contribution < 1.29 is 26.7 Å². The minimum Gasteiger partial charge on any atom is -0.348 e. The van der Waals surface area contributed by atoms with Crippen LogP contribution in [0.3, 0.4) is 0 Å². The number of carbonyl (C=O) groups excluding carboxylic acids is 1. The molecule has 0 bridgehead atoms. The zero-order valence-corrected chi connectivity index (χ0v) is 10.8. The van der Waals surface area contributed by atoms with Crippen molar-refractivity contribution in [2.45, 2.75) is 12.5 Å². The summed E-state index contributed by atoms with van der Waals surface area (Å²) in [6, 6.07) is -1.23. The fourth-order valence-corrected chi connectivity index (χ4v) is 1.73. The SMILES string of the molecule is N[C@@H](Cc1cnc[nH]1)C(=O)[B]c1c(F)c(F)c(F)c(F)c1F. The Labute approximate surface area is 121 Å². The Bertz CT molecular complexity index is 678. The number of hydrogen-bond donors (Lipinski definition) is 2. The van der Waals surface area contributed by atoms with Gasteiger partial charge in [0.15, 0.2) is 29.1 Å². The van der Waals surface area contributed by atoms with Gasteiger partial charge in [0.1, 0.15) is 5.68 Å². The summed E-state index contributed by atoms with van der Waals surface area (Å²) in [7, 11) is 0.303. The van der Waals surface area contributed by atoms with Gasteiger partial charge >= 0.3 is 0 Å². The first-order valence-electron chi connectivity index (χ1n) is 5.95. The summed E-state index contributed by atoms with van der Waals surface area (Å²) in [6.45, 7) is 0. The van der Waals surface area contributed by atoms with Gasteiger partial charge in [0.05, 0.1) is 12.4 Å². The molecule has 0 aliphatic carbocycles. The third-order valence-electron chi connectivity index (χ3n) is 2.89. The van der Waals surface area contributed by atoms with Gasteiger partial charge in [0.25, 0.3) is 7.28 Å². The zero-order chi connectivity index (χ0) is 16.4. The summed E-state index contributed by atoms with van der Waals surface area (Å²) >= 11 is 0. The summed E-state index contributed by atoms with van der Waals surface area (Å²) in [5.74, 6) is -10.7. The number of nitrogens with two attached hydrogens (primary N) is 1. The second-order valence-electron chi connectivity index (χ2n) is 4.42. The van der Waals surface area contributed by atoms with Crippen molar-refractivity contribution in [1.82, 2.24) is 9.97 Å². The fraction of sp³-hybridized carbons (Fsp3) is 0.167. The lowest BCUT2D eigenvalue weighted by Crippen LogP contribution is -2.43. The number of carbonyl (C=O) groups is 1. The number of rotatable bonds is 5. The summed E-state index contributed by atoms with van der Waals surface area (Å²) in [6.07, 6.45) is 2.68. The molecule has 1 radical (unpaired) electrons. The van der Waals surface area contributed by atoms with Crippen LogP contribution in [-0.2, 0) is 11.2 Å². The molecule has 1 aromatic carbocycles. The molecule has 0 spiro atoms. The highest BCUT2D eigenvalue weighted by Crippen LogP contribution is 2.15. The van der Waals surface area contributed by atoms with Gasteiger partial charge in [-0.1, -0.05) is 0 Å². The zero-order valence-electron chi connectivity index (χ0n) is 10.8. The van der Waals surface area contributed by atoms with E-state index in [1.807, 2.05) is 0 Å². The molecule has 115 valence electrons. The molecule has 10 heteroatoms. The minimum absolute atomic E-state index is 0.0370. The van der Waals surface area contributed by atoms with Crippen molar-refractivity contribution in [1.29, 1.82) is 0 Å². The molecule has 2 aromatic rings. The van der Waals surface area contributed by atoms with Crippen LogP contribution in [0.2, 0.25) is 0 Å². The summed E-state index contributed by atoms with van der Waals surface area (Å²) in [5.41, 5.74) is 3.70. The molecule has 1 atom stereocenters. The Morgan fingerprint density at radius 1 is 1.14 bits per heavy atom. The lowest BCUT2D eigenvalue weighted by molar-refractivity contribution is -0.113. The second kappa shape index (κ2) is 6.26. The van der Waals surface area contributed by atoms with Crippen LogP contribution in [-0.4, -0.2) is 29.0 Å². The third-order valence-corrected chi connectivity index (χ3v) is 2.89. The van der Waals surface area contributed by atoms with Crippen LogP contribution in [0.4, 0.5) is 22.0 Å². The molecule has 0 aliphatic rings. The van der Waals surface area contributed by atoms with Crippen LogP contribution in [0.1, 0.15) is 5.69 Å². The molecule has 3 N–H and O–H groups in total. The van der Waals surface area contributed by atoms with Crippen molar-refractivity contribution in [3.8, 4) is 0 Å². The number of benzene rings is 1. The van der Waals surface area contributed by atoms with Crippen LogP contribution < -0.4 is 11.2 Å². The largest absolute Gasteiger partial charge is 0.348 e. The maximum Gasteiger partial charge on any atom is 0.251 e. The fourth-order valence-electron chi connectivity index (χ4n) is 1.73. The Kier molecular flexibility index (Phi) is 4.60. The Morgan fingerprint density at radius 3 is 2.18 bits per heavy atom. The van der Waals surface area contributed by atoms with Gasteiger partial charge in [-0.05, 0) is 5.46 Å². The first kappa shape index (κ1) is 16.2. The number of halogens is 5. The van der Waals surface area contributed by atoms with Crippen molar-refractivity contribution in [2.24, 2.45) is 5.73 Å². The molecule has 0 aliphatic heterocycles. The van der Waals surface area contributed by atoms with E-state index in [4.69, 9.17) is 5.73 Å². The lowest BCUT2D eigenvalue weighted by atomic mass is 9.63. The maximum atomic E-state index is 13.4. The van der Waals surface area contributed by atoms with Gasteiger partial charge in [-0.3, -0.25) is 0 Å². The van der Waals surface area contributed by atoms with E-state index >= 15 is 0 Å². The van der Waals surface area contributed by atoms with Crippen LogP contribution in [0.15, 0.2) is 12.5 Å². The molecule has 1 heterocycles. The van der Waals surface area contributed by atoms with E-state index in [1.54, 1.807) is 0 Å². The normalized spacial score (nSPS) is 12.3. The Hall–Kier alpha value is -2.23. The predicted octanol–water partition coefficient (Wildman–Crippen LogP) is 0.531. The Balaban J connectivity index is 2.21. The number of aromatic nitrogens is 2. The first-order valence-corrected chi connectivity index (χ1v) is 5.95. The van der Waals surface area contributed by atoms with Crippen molar-refractivity contribution in [3.63, 3.8) is 0 Å². The predicted molar refractivity (Wildman–Crippen MR) is 66.9 cm³/mol. The highest BCUT2D eigenvalue weighted by molar-refractivity contribution is 6.85. The molecule has 1 aromatic heterocycles. The van der Waals surface area contributed by atoms with E-state index in [1.165, 1.54) is 12.5 Å².